The van der Waals surface area contributed by atoms with E-state index in [2.05, 4.69) is 5.32 Å². The maximum atomic E-state index is 11.8. The van der Waals surface area contributed by atoms with Crippen molar-refractivity contribution in [2.24, 2.45) is 0 Å². The molecule has 0 saturated heterocycles. The van der Waals surface area contributed by atoms with E-state index in [1.165, 1.54) is 0 Å². The summed E-state index contributed by atoms with van der Waals surface area (Å²) in [6, 6.07) is 6.82. The molecule has 22 heavy (non-hydrogen) atoms. The van der Waals surface area contributed by atoms with Crippen LogP contribution in [-0.2, 0) is 9.59 Å². The molecule has 0 fully saturated rings. The largest absolute Gasteiger partial charge is 0.497 e. The Morgan fingerprint density at radius 2 is 2.00 bits per heavy atom. The highest BCUT2D eigenvalue weighted by Gasteiger charge is 2.18. The molecule has 2 N–H and O–H groups in total. The summed E-state index contributed by atoms with van der Waals surface area (Å²) in [4.78, 5) is 23.9. The Kier molecular flexibility index (Phi) is 8.43. The molecule has 1 rings (SSSR count). The molecule has 122 valence electrons. The first kappa shape index (κ1) is 18.4. The number of aliphatic carboxylic acids is 1. The van der Waals surface area contributed by atoms with Gasteiger partial charge in [-0.15, -0.1) is 11.8 Å². The van der Waals surface area contributed by atoms with Gasteiger partial charge in [0, 0.05) is 17.1 Å². The molecule has 6 heteroatoms. The first-order valence-electron chi connectivity index (χ1n) is 7.35. The quantitative estimate of drug-likeness (QED) is 0.647. The van der Waals surface area contributed by atoms with Crippen LogP contribution in [0, 0.1) is 0 Å². The summed E-state index contributed by atoms with van der Waals surface area (Å²) in [5, 5.41) is 11.7. The van der Waals surface area contributed by atoms with Crippen LogP contribution in [0.4, 0.5) is 0 Å². The Labute approximate surface area is 135 Å². The zero-order valence-corrected chi connectivity index (χ0v) is 13.8. The summed E-state index contributed by atoms with van der Waals surface area (Å²) in [5.41, 5.74) is 0. The summed E-state index contributed by atoms with van der Waals surface area (Å²) in [6.07, 6.45) is 2.47. The molecule has 0 spiro atoms. The van der Waals surface area contributed by atoms with Crippen LogP contribution in [0.15, 0.2) is 29.2 Å². The number of amides is 1. The second kappa shape index (κ2) is 10.1. The van der Waals surface area contributed by atoms with Gasteiger partial charge >= 0.3 is 5.97 Å². The topological polar surface area (TPSA) is 75.6 Å². The summed E-state index contributed by atoms with van der Waals surface area (Å²) in [6.45, 7) is 1.99. The van der Waals surface area contributed by atoms with Crippen molar-refractivity contribution < 1.29 is 19.4 Å². The molecule has 1 aromatic carbocycles. The molecule has 1 atom stereocenters. The monoisotopic (exact) mass is 325 g/mol. The number of carbonyl (C=O) groups is 2. The van der Waals surface area contributed by atoms with Crippen LogP contribution in [0.1, 0.15) is 32.6 Å². The first-order chi connectivity index (χ1) is 10.6. The normalized spacial score (nSPS) is 11.7. The third kappa shape index (κ3) is 6.85. The lowest BCUT2D eigenvalue weighted by molar-refractivity contribution is -0.142. The number of rotatable bonds is 10. The fraction of sp³-hybridized carbons (Fsp3) is 0.500. The lowest BCUT2D eigenvalue weighted by Gasteiger charge is -2.13. The molecular weight excluding hydrogens is 302 g/mol. The summed E-state index contributed by atoms with van der Waals surface area (Å²) >= 11 is 1.56. The van der Waals surface area contributed by atoms with E-state index in [1.807, 2.05) is 31.2 Å². The molecule has 0 aromatic heterocycles. The Bertz CT molecular complexity index is 476. The number of nitrogens with one attached hydrogen (secondary N) is 1. The summed E-state index contributed by atoms with van der Waals surface area (Å²) in [7, 11) is 1.61. The van der Waals surface area contributed by atoms with E-state index in [9.17, 15) is 9.59 Å². The van der Waals surface area contributed by atoms with E-state index in [4.69, 9.17) is 9.84 Å². The number of ether oxygens (including phenoxy) is 1. The van der Waals surface area contributed by atoms with E-state index >= 15 is 0 Å². The predicted molar refractivity (Wildman–Crippen MR) is 87.4 cm³/mol. The minimum absolute atomic E-state index is 0.218. The minimum atomic E-state index is -0.968. The van der Waals surface area contributed by atoms with Crippen molar-refractivity contribution in [3.05, 3.63) is 24.3 Å². The number of carboxylic acid groups (broad SMARTS) is 1. The number of unbranched alkanes of at least 4 members (excludes halogenated alkanes) is 1. The molecule has 0 bridgehead atoms. The van der Waals surface area contributed by atoms with Crippen molar-refractivity contribution >= 4 is 23.6 Å². The number of thioether (sulfide) groups is 1. The van der Waals surface area contributed by atoms with Crippen molar-refractivity contribution in [1.29, 1.82) is 0 Å². The average molecular weight is 325 g/mol. The highest BCUT2D eigenvalue weighted by Crippen LogP contribution is 2.21. The summed E-state index contributed by atoms with van der Waals surface area (Å²) in [5.74, 6) is 0.217. The van der Waals surface area contributed by atoms with Gasteiger partial charge in [-0.1, -0.05) is 19.8 Å². The van der Waals surface area contributed by atoms with Gasteiger partial charge in [-0.3, -0.25) is 4.79 Å². The van der Waals surface area contributed by atoms with E-state index in [1.54, 1.807) is 18.9 Å². The van der Waals surface area contributed by atoms with Crippen LogP contribution in [0.25, 0.3) is 0 Å². The number of hydrogen-bond acceptors (Lipinski definition) is 4. The number of methoxy groups -OCH3 is 1. The molecule has 0 unspecified atom stereocenters. The molecule has 0 aliphatic rings. The van der Waals surface area contributed by atoms with Gasteiger partial charge in [0.15, 0.2) is 0 Å². The van der Waals surface area contributed by atoms with Crippen LogP contribution < -0.4 is 10.1 Å². The van der Waals surface area contributed by atoms with Crippen molar-refractivity contribution in [1.82, 2.24) is 5.32 Å². The van der Waals surface area contributed by atoms with E-state index in [0.717, 1.165) is 23.5 Å². The Balaban J connectivity index is 2.33. The minimum Gasteiger partial charge on any atom is -0.497 e. The maximum absolute atomic E-state index is 11.8. The SMILES string of the molecule is CCCC[C@H](NC(=O)CCSc1ccc(OC)cc1)C(=O)O. The van der Waals surface area contributed by atoms with Crippen molar-refractivity contribution in [3.8, 4) is 5.75 Å². The van der Waals surface area contributed by atoms with E-state index in [-0.39, 0.29) is 5.91 Å². The zero-order chi connectivity index (χ0) is 16.4. The number of benzene rings is 1. The Morgan fingerprint density at radius 3 is 2.55 bits per heavy atom. The molecule has 1 amide bonds. The van der Waals surface area contributed by atoms with Gasteiger partial charge < -0.3 is 15.2 Å². The Morgan fingerprint density at radius 1 is 1.32 bits per heavy atom. The molecule has 1 aromatic rings. The molecule has 0 aliphatic heterocycles. The third-order valence-corrected chi connectivity index (χ3v) is 4.15. The van der Waals surface area contributed by atoms with Gasteiger partial charge in [0.1, 0.15) is 11.8 Å². The fourth-order valence-corrected chi connectivity index (χ4v) is 2.72. The second-order valence-corrected chi connectivity index (χ2v) is 6.04. The molecule has 0 radical (unpaired) electrons. The Hall–Kier alpha value is -1.69. The van der Waals surface area contributed by atoms with Crippen molar-refractivity contribution in [2.75, 3.05) is 12.9 Å². The third-order valence-electron chi connectivity index (χ3n) is 3.14. The number of carbonyl (C=O) groups excluding carboxylic acids is 1. The van der Waals surface area contributed by atoms with Gasteiger partial charge in [0.05, 0.1) is 7.11 Å². The van der Waals surface area contributed by atoms with Gasteiger partial charge in [-0.2, -0.15) is 0 Å². The molecule has 0 saturated carbocycles. The first-order valence-corrected chi connectivity index (χ1v) is 8.34. The second-order valence-electron chi connectivity index (χ2n) is 4.87. The van der Waals surface area contributed by atoms with Crippen LogP contribution in [0.3, 0.4) is 0 Å². The van der Waals surface area contributed by atoms with E-state index in [0.29, 0.717) is 18.6 Å². The van der Waals surface area contributed by atoms with Gasteiger partial charge in [-0.25, -0.2) is 4.79 Å². The van der Waals surface area contributed by atoms with Gasteiger partial charge in [0.25, 0.3) is 0 Å². The molecule has 0 heterocycles. The zero-order valence-electron chi connectivity index (χ0n) is 13.0. The molecular formula is C16H23NO4S. The average Bonchev–Trinajstić information content (AvgIpc) is 2.51. The summed E-state index contributed by atoms with van der Waals surface area (Å²) < 4.78 is 5.08. The van der Waals surface area contributed by atoms with Gasteiger partial charge in [0.2, 0.25) is 5.91 Å². The highest BCUT2D eigenvalue weighted by atomic mass is 32.2. The standard InChI is InChI=1S/C16H23NO4S/c1-3-4-5-14(16(19)20)17-15(18)10-11-22-13-8-6-12(21-2)7-9-13/h6-9,14H,3-5,10-11H2,1-2H3,(H,17,18)(H,19,20)/t14-/m0/s1. The van der Waals surface area contributed by atoms with E-state index < -0.39 is 12.0 Å². The van der Waals surface area contributed by atoms with Gasteiger partial charge in [-0.05, 0) is 30.7 Å². The van der Waals surface area contributed by atoms with Crippen LogP contribution in [0.2, 0.25) is 0 Å². The molecule has 5 nitrogen and oxygen atoms in total. The van der Waals surface area contributed by atoms with Crippen LogP contribution in [0.5, 0.6) is 5.75 Å². The fourth-order valence-electron chi connectivity index (χ4n) is 1.87. The lowest BCUT2D eigenvalue weighted by Crippen LogP contribution is -2.40. The van der Waals surface area contributed by atoms with Crippen molar-refractivity contribution in [2.45, 2.75) is 43.5 Å². The van der Waals surface area contributed by atoms with Crippen LogP contribution in [-0.4, -0.2) is 35.9 Å². The number of hydrogen-bond donors (Lipinski definition) is 2. The highest BCUT2D eigenvalue weighted by molar-refractivity contribution is 7.99. The molecule has 0 aliphatic carbocycles. The number of carboxylic acids is 1. The predicted octanol–water partition coefficient (Wildman–Crippen LogP) is 2.94. The smallest absolute Gasteiger partial charge is 0.326 e. The van der Waals surface area contributed by atoms with Crippen molar-refractivity contribution in [3.63, 3.8) is 0 Å². The maximum Gasteiger partial charge on any atom is 0.326 e. The lowest BCUT2D eigenvalue weighted by atomic mass is 10.1. The van der Waals surface area contributed by atoms with Crippen LogP contribution >= 0.6 is 11.8 Å².